The van der Waals surface area contributed by atoms with Crippen molar-refractivity contribution in [2.24, 2.45) is 0 Å². The largest absolute Gasteiger partial charge is 0.509 e. The van der Waals surface area contributed by atoms with Crippen molar-refractivity contribution in [3.8, 4) is 0 Å². The molecule has 0 bridgehead atoms. The normalized spacial score (nSPS) is 16.4. The molecule has 7 heteroatoms. The van der Waals surface area contributed by atoms with Crippen molar-refractivity contribution in [1.29, 1.82) is 0 Å². The number of aliphatic hydroxyl groups excluding tert-OH is 1. The standard InChI is InChI=1S/C23H24N4O3/c1-14(2)27-13-16-12-17(9-11-18(16)26-27)24-22(29)20-21(28)19(25-23(20)30)10-8-15-6-4-3-5-7-15/h3-7,9,11-14,19,28H,8,10H2,1-2H3,(H,24,29)(H,25,30). The van der Waals surface area contributed by atoms with Gasteiger partial charge in [0.05, 0.1) is 11.6 Å². The molecule has 0 fully saturated rings. The van der Waals surface area contributed by atoms with Crippen molar-refractivity contribution in [2.45, 2.75) is 38.8 Å². The molecule has 1 atom stereocenters. The van der Waals surface area contributed by atoms with Crippen LogP contribution in [0.5, 0.6) is 0 Å². The number of benzene rings is 2. The molecule has 1 aromatic heterocycles. The van der Waals surface area contributed by atoms with Crippen LogP contribution in [0.1, 0.15) is 31.9 Å². The van der Waals surface area contributed by atoms with Crippen LogP contribution in [0.15, 0.2) is 66.1 Å². The van der Waals surface area contributed by atoms with E-state index >= 15 is 0 Å². The first-order chi connectivity index (χ1) is 14.4. The fourth-order valence-electron chi connectivity index (χ4n) is 3.55. The molecule has 0 spiro atoms. The third-order valence-corrected chi connectivity index (χ3v) is 5.22. The number of amides is 2. The number of nitrogens with one attached hydrogen (secondary N) is 2. The number of aromatic nitrogens is 2. The summed E-state index contributed by atoms with van der Waals surface area (Å²) in [4.78, 5) is 25.0. The first-order valence-electron chi connectivity index (χ1n) is 10.0. The maximum absolute atomic E-state index is 12.7. The highest BCUT2D eigenvalue weighted by Gasteiger charge is 2.35. The van der Waals surface area contributed by atoms with Gasteiger partial charge in [0.15, 0.2) is 0 Å². The minimum Gasteiger partial charge on any atom is -0.509 e. The number of rotatable bonds is 6. The van der Waals surface area contributed by atoms with Gasteiger partial charge < -0.3 is 15.7 Å². The van der Waals surface area contributed by atoms with Gasteiger partial charge in [0.2, 0.25) is 0 Å². The zero-order chi connectivity index (χ0) is 21.3. The molecule has 7 nitrogen and oxygen atoms in total. The van der Waals surface area contributed by atoms with Gasteiger partial charge in [0.25, 0.3) is 11.8 Å². The summed E-state index contributed by atoms with van der Waals surface area (Å²) in [7, 11) is 0. The van der Waals surface area contributed by atoms with E-state index in [9.17, 15) is 14.7 Å². The van der Waals surface area contributed by atoms with Crippen LogP contribution in [-0.2, 0) is 16.0 Å². The molecular weight excluding hydrogens is 380 g/mol. The average Bonchev–Trinajstić information content (AvgIpc) is 3.27. The molecule has 154 valence electrons. The monoisotopic (exact) mass is 404 g/mol. The molecule has 0 saturated carbocycles. The number of hydrogen-bond acceptors (Lipinski definition) is 4. The molecule has 3 aromatic rings. The summed E-state index contributed by atoms with van der Waals surface area (Å²) in [5.41, 5.74) is 2.23. The Morgan fingerprint density at radius 2 is 2.00 bits per heavy atom. The molecule has 1 aliphatic rings. The summed E-state index contributed by atoms with van der Waals surface area (Å²) in [5.74, 6) is -1.39. The summed E-state index contributed by atoms with van der Waals surface area (Å²) in [5, 5.41) is 21.3. The van der Waals surface area contributed by atoms with Gasteiger partial charge in [-0.3, -0.25) is 14.3 Å². The Kier molecular flexibility index (Phi) is 5.27. The van der Waals surface area contributed by atoms with Crippen LogP contribution in [0.2, 0.25) is 0 Å². The van der Waals surface area contributed by atoms with Crippen LogP contribution < -0.4 is 10.6 Å². The molecule has 1 unspecified atom stereocenters. The van der Waals surface area contributed by atoms with Gasteiger partial charge in [-0.25, -0.2) is 0 Å². The third-order valence-electron chi connectivity index (χ3n) is 5.22. The molecule has 2 aromatic carbocycles. The van der Waals surface area contributed by atoms with E-state index in [-0.39, 0.29) is 17.4 Å². The Balaban J connectivity index is 1.48. The molecule has 4 rings (SSSR count). The average molecular weight is 404 g/mol. The van der Waals surface area contributed by atoms with Crippen molar-refractivity contribution in [2.75, 3.05) is 5.32 Å². The molecule has 0 radical (unpaired) electrons. The summed E-state index contributed by atoms with van der Waals surface area (Å²) in [6.07, 6.45) is 3.11. The fourth-order valence-corrected chi connectivity index (χ4v) is 3.55. The first kappa shape index (κ1) is 19.7. The maximum Gasteiger partial charge on any atom is 0.264 e. The third kappa shape index (κ3) is 3.91. The minimum atomic E-state index is -0.622. The highest BCUT2D eigenvalue weighted by molar-refractivity contribution is 6.24. The maximum atomic E-state index is 12.7. The molecule has 3 N–H and O–H groups in total. The number of anilines is 1. The first-order valence-corrected chi connectivity index (χ1v) is 10.0. The lowest BCUT2D eigenvalue weighted by molar-refractivity contribution is -0.120. The zero-order valence-electron chi connectivity index (χ0n) is 16.9. The van der Waals surface area contributed by atoms with Crippen LogP contribution in [0.4, 0.5) is 5.69 Å². The van der Waals surface area contributed by atoms with E-state index in [0.29, 0.717) is 18.5 Å². The lowest BCUT2D eigenvalue weighted by atomic mass is 10.0. The number of carbonyl (C=O) groups excluding carboxylic acids is 2. The summed E-state index contributed by atoms with van der Waals surface area (Å²) >= 11 is 0. The van der Waals surface area contributed by atoms with Crippen LogP contribution >= 0.6 is 0 Å². The number of hydrogen-bond donors (Lipinski definition) is 3. The Bertz CT molecular complexity index is 1130. The fraction of sp³-hybridized carbons (Fsp3) is 0.261. The predicted octanol–water partition coefficient (Wildman–Crippen LogP) is 3.50. The SMILES string of the molecule is CC(C)n1cc2cc(NC(=O)C3=C(O)C(CCc4ccccc4)NC3=O)ccc2n1. The van der Waals surface area contributed by atoms with Gasteiger partial charge in [-0.05, 0) is 50.5 Å². The zero-order valence-corrected chi connectivity index (χ0v) is 16.9. The second-order valence-electron chi connectivity index (χ2n) is 7.74. The Morgan fingerprint density at radius 1 is 1.23 bits per heavy atom. The van der Waals surface area contributed by atoms with Crippen LogP contribution in [0.25, 0.3) is 10.9 Å². The van der Waals surface area contributed by atoms with E-state index in [1.165, 1.54) is 0 Å². The Morgan fingerprint density at radius 3 is 2.73 bits per heavy atom. The van der Waals surface area contributed by atoms with Crippen LogP contribution in [0, 0.1) is 0 Å². The summed E-state index contributed by atoms with van der Waals surface area (Å²) in [6.45, 7) is 4.08. The number of aliphatic hydroxyl groups is 1. The molecule has 0 aliphatic carbocycles. The Hall–Kier alpha value is -3.61. The second-order valence-corrected chi connectivity index (χ2v) is 7.74. The van der Waals surface area contributed by atoms with Crippen molar-refractivity contribution in [1.82, 2.24) is 15.1 Å². The van der Waals surface area contributed by atoms with Crippen molar-refractivity contribution in [3.63, 3.8) is 0 Å². The smallest absolute Gasteiger partial charge is 0.264 e. The van der Waals surface area contributed by atoms with Crippen molar-refractivity contribution < 1.29 is 14.7 Å². The second kappa shape index (κ2) is 8.02. The van der Waals surface area contributed by atoms with E-state index in [2.05, 4.69) is 15.7 Å². The minimum absolute atomic E-state index is 0.206. The quantitative estimate of drug-likeness (QED) is 0.548. The molecule has 1 aliphatic heterocycles. The van der Waals surface area contributed by atoms with Crippen LogP contribution in [-0.4, -0.2) is 32.7 Å². The van der Waals surface area contributed by atoms with E-state index in [4.69, 9.17) is 0 Å². The summed E-state index contributed by atoms with van der Waals surface area (Å²) < 4.78 is 1.85. The van der Waals surface area contributed by atoms with Gasteiger partial charge in [-0.15, -0.1) is 0 Å². The molecule has 2 heterocycles. The van der Waals surface area contributed by atoms with Gasteiger partial charge in [-0.1, -0.05) is 30.3 Å². The topological polar surface area (TPSA) is 96.3 Å². The van der Waals surface area contributed by atoms with E-state index in [1.807, 2.05) is 61.1 Å². The van der Waals surface area contributed by atoms with Crippen molar-refractivity contribution >= 4 is 28.4 Å². The van der Waals surface area contributed by atoms with Gasteiger partial charge >= 0.3 is 0 Å². The van der Waals surface area contributed by atoms with Gasteiger partial charge in [0, 0.05) is 23.3 Å². The number of carbonyl (C=O) groups is 2. The van der Waals surface area contributed by atoms with Crippen molar-refractivity contribution in [3.05, 3.63) is 71.6 Å². The number of nitrogens with zero attached hydrogens (tertiary/aromatic N) is 2. The molecule has 0 saturated heterocycles. The van der Waals surface area contributed by atoms with Crippen LogP contribution in [0.3, 0.4) is 0 Å². The highest BCUT2D eigenvalue weighted by Crippen LogP contribution is 2.23. The van der Waals surface area contributed by atoms with Gasteiger partial charge in [0.1, 0.15) is 11.3 Å². The van der Waals surface area contributed by atoms with E-state index < -0.39 is 17.9 Å². The number of fused-ring (bicyclic) bond motifs is 1. The molecule has 2 amide bonds. The number of aryl methyl sites for hydroxylation is 1. The predicted molar refractivity (Wildman–Crippen MR) is 115 cm³/mol. The lowest BCUT2D eigenvalue weighted by Crippen LogP contribution is -2.30. The molecular formula is C23H24N4O3. The summed E-state index contributed by atoms with van der Waals surface area (Å²) in [6, 6.07) is 14.8. The van der Waals surface area contributed by atoms with E-state index in [0.717, 1.165) is 16.5 Å². The van der Waals surface area contributed by atoms with E-state index in [1.54, 1.807) is 12.1 Å². The van der Waals surface area contributed by atoms with Gasteiger partial charge in [-0.2, -0.15) is 5.10 Å². The highest BCUT2D eigenvalue weighted by atomic mass is 16.3. The lowest BCUT2D eigenvalue weighted by Gasteiger charge is -2.10. The molecule has 30 heavy (non-hydrogen) atoms. The Labute approximate surface area is 174 Å².